The van der Waals surface area contributed by atoms with Gasteiger partial charge < -0.3 is 15.3 Å². The molecule has 3 nitrogen and oxygen atoms in total. The summed E-state index contributed by atoms with van der Waals surface area (Å²) in [6.45, 7) is 8.10. The molecule has 0 aromatic carbocycles. The average molecular weight is 214 g/mol. The molecule has 1 aliphatic heterocycles. The highest BCUT2D eigenvalue weighted by Gasteiger charge is 2.27. The zero-order valence-electron chi connectivity index (χ0n) is 10.4. The van der Waals surface area contributed by atoms with Crippen LogP contribution in [0.4, 0.5) is 0 Å². The number of rotatable bonds is 5. The second kappa shape index (κ2) is 6.46. The van der Waals surface area contributed by atoms with Crippen LogP contribution in [0.5, 0.6) is 0 Å². The molecule has 1 saturated heterocycles. The summed E-state index contributed by atoms with van der Waals surface area (Å²) >= 11 is 0. The highest BCUT2D eigenvalue weighted by Crippen LogP contribution is 2.20. The first-order chi connectivity index (χ1) is 7.21. The first-order valence-corrected chi connectivity index (χ1v) is 6.21. The molecule has 1 rings (SSSR count). The summed E-state index contributed by atoms with van der Waals surface area (Å²) in [5, 5.41) is 12.5. The zero-order valence-corrected chi connectivity index (χ0v) is 10.4. The Kier molecular flexibility index (Phi) is 5.58. The molecular weight excluding hydrogens is 188 g/mol. The van der Waals surface area contributed by atoms with Gasteiger partial charge in [-0.15, -0.1) is 0 Å². The average Bonchev–Trinajstić information content (AvgIpc) is 2.28. The van der Waals surface area contributed by atoms with Gasteiger partial charge in [-0.05, 0) is 31.8 Å². The topological polar surface area (TPSA) is 35.5 Å². The van der Waals surface area contributed by atoms with E-state index in [1.165, 1.54) is 25.9 Å². The van der Waals surface area contributed by atoms with Gasteiger partial charge in [0.2, 0.25) is 0 Å². The third-order valence-electron chi connectivity index (χ3n) is 3.59. The Morgan fingerprint density at radius 1 is 1.53 bits per heavy atom. The summed E-state index contributed by atoms with van der Waals surface area (Å²) in [6.07, 6.45) is 2.49. The molecular formula is C12H26N2O. The van der Waals surface area contributed by atoms with Gasteiger partial charge in [0.15, 0.2) is 0 Å². The van der Waals surface area contributed by atoms with Crippen molar-refractivity contribution in [2.24, 2.45) is 11.8 Å². The SMILES string of the molecule is CCC1CN(CC(C)CO)CCC1NC. The summed E-state index contributed by atoms with van der Waals surface area (Å²) in [5.74, 6) is 1.18. The lowest BCUT2D eigenvalue weighted by molar-refractivity contribution is 0.107. The maximum absolute atomic E-state index is 9.05. The third kappa shape index (κ3) is 3.74. The minimum atomic E-state index is 0.308. The standard InChI is InChI=1S/C12H26N2O/c1-4-11-8-14(7-10(2)9-15)6-5-12(11)13-3/h10-13,15H,4-9H2,1-3H3. The van der Waals surface area contributed by atoms with E-state index in [4.69, 9.17) is 5.11 Å². The number of hydrogen-bond acceptors (Lipinski definition) is 3. The number of aliphatic hydroxyl groups excluding tert-OH is 1. The van der Waals surface area contributed by atoms with Gasteiger partial charge in [0.25, 0.3) is 0 Å². The number of nitrogens with one attached hydrogen (secondary N) is 1. The molecule has 1 fully saturated rings. The zero-order chi connectivity index (χ0) is 11.3. The van der Waals surface area contributed by atoms with Gasteiger partial charge >= 0.3 is 0 Å². The van der Waals surface area contributed by atoms with Gasteiger partial charge in [-0.2, -0.15) is 0 Å². The second-order valence-corrected chi connectivity index (χ2v) is 4.90. The highest BCUT2D eigenvalue weighted by atomic mass is 16.3. The normalized spacial score (nSPS) is 30.4. The lowest BCUT2D eigenvalue weighted by Crippen LogP contribution is -2.49. The van der Waals surface area contributed by atoms with Gasteiger partial charge in [0, 0.05) is 25.7 Å². The van der Waals surface area contributed by atoms with Gasteiger partial charge in [0.1, 0.15) is 0 Å². The molecule has 0 aliphatic carbocycles. The minimum Gasteiger partial charge on any atom is -0.396 e. The molecule has 0 amide bonds. The molecule has 3 unspecified atom stereocenters. The van der Waals surface area contributed by atoms with Crippen LogP contribution in [0.1, 0.15) is 26.7 Å². The quantitative estimate of drug-likeness (QED) is 0.715. The molecule has 1 aliphatic rings. The minimum absolute atomic E-state index is 0.308. The molecule has 0 aromatic rings. The Morgan fingerprint density at radius 2 is 2.27 bits per heavy atom. The van der Waals surface area contributed by atoms with Crippen LogP contribution in [0.15, 0.2) is 0 Å². The fourth-order valence-corrected chi connectivity index (χ4v) is 2.57. The summed E-state index contributed by atoms with van der Waals surface area (Å²) in [7, 11) is 2.07. The summed E-state index contributed by atoms with van der Waals surface area (Å²) in [4.78, 5) is 2.50. The predicted molar refractivity (Wildman–Crippen MR) is 63.9 cm³/mol. The van der Waals surface area contributed by atoms with Gasteiger partial charge in [-0.3, -0.25) is 0 Å². The first kappa shape index (κ1) is 12.9. The van der Waals surface area contributed by atoms with Crippen LogP contribution in [0.2, 0.25) is 0 Å². The Balaban J connectivity index is 2.38. The smallest absolute Gasteiger partial charge is 0.0468 e. The molecule has 90 valence electrons. The van der Waals surface area contributed by atoms with E-state index >= 15 is 0 Å². The molecule has 15 heavy (non-hydrogen) atoms. The van der Waals surface area contributed by atoms with Crippen molar-refractivity contribution in [1.29, 1.82) is 0 Å². The predicted octanol–water partition coefficient (Wildman–Crippen LogP) is 0.935. The fourth-order valence-electron chi connectivity index (χ4n) is 2.57. The molecule has 2 N–H and O–H groups in total. The van der Waals surface area contributed by atoms with Crippen molar-refractivity contribution in [3.63, 3.8) is 0 Å². The van der Waals surface area contributed by atoms with E-state index in [0.29, 0.717) is 18.6 Å². The van der Waals surface area contributed by atoms with Crippen LogP contribution < -0.4 is 5.32 Å². The largest absolute Gasteiger partial charge is 0.396 e. The Hall–Kier alpha value is -0.120. The van der Waals surface area contributed by atoms with Crippen molar-refractivity contribution in [3.05, 3.63) is 0 Å². The van der Waals surface area contributed by atoms with Crippen molar-refractivity contribution in [2.45, 2.75) is 32.7 Å². The van der Waals surface area contributed by atoms with Gasteiger partial charge in [0.05, 0.1) is 0 Å². The van der Waals surface area contributed by atoms with Crippen molar-refractivity contribution >= 4 is 0 Å². The van der Waals surface area contributed by atoms with Crippen molar-refractivity contribution in [2.75, 3.05) is 33.3 Å². The van der Waals surface area contributed by atoms with E-state index < -0.39 is 0 Å². The maximum Gasteiger partial charge on any atom is 0.0468 e. The van der Waals surface area contributed by atoms with Crippen LogP contribution in [-0.2, 0) is 0 Å². The molecule has 0 spiro atoms. The molecule has 0 radical (unpaired) electrons. The highest BCUT2D eigenvalue weighted by molar-refractivity contribution is 4.84. The molecule has 1 heterocycles. The number of aliphatic hydroxyl groups is 1. The number of nitrogens with zero attached hydrogens (tertiary/aromatic N) is 1. The lowest BCUT2D eigenvalue weighted by Gasteiger charge is -2.39. The molecule has 0 aromatic heterocycles. The number of hydrogen-bond donors (Lipinski definition) is 2. The molecule has 0 saturated carbocycles. The summed E-state index contributed by atoms with van der Waals surface area (Å²) < 4.78 is 0. The van der Waals surface area contributed by atoms with Crippen molar-refractivity contribution < 1.29 is 5.11 Å². The Labute approximate surface area is 93.9 Å². The van der Waals surface area contributed by atoms with Gasteiger partial charge in [-0.1, -0.05) is 20.3 Å². The number of likely N-dealkylation sites (tertiary alicyclic amines) is 1. The molecule has 3 heteroatoms. The monoisotopic (exact) mass is 214 g/mol. The first-order valence-electron chi connectivity index (χ1n) is 6.21. The van der Waals surface area contributed by atoms with E-state index in [1.54, 1.807) is 0 Å². The van der Waals surface area contributed by atoms with Crippen LogP contribution in [0.3, 0.4) is 0 Å². The second-order valence-electron chi connectivity index (χ2n) is 4.90. The fraction of sp³-hybridized carbons (Fsp3) is 1.00. The maximum atomic E-state index is 9.05. The Morgan fingerprint density at radius 3 is 2.80 bits per heavy atom. The van der Waals surface area contributed by atoms with Crippen LogP contribution in [0.25, 0.3) is 0 Å². The summed E-state index contributed by atoms with van der Waals surface area (Å²) in [6, 6.07) is 0.690. The molecule has 3 atom stereocenters. The third-order valence-corrected chi connectivity index (χ3v) is 3.59. The van der Waals surface area contributed by atoms with E-state index in [-0.39, 0.29) is 0 Å². The van der Waals surface area contributed by atoms with E-state index in [9.17, 15) is 0 Å². The van der Waals surface area contributed by atoms with E-state index in [1.807, 2.05) is 0 Å². The van der Waals surface area contributed by atoms with Crippen molar-refractivity contribution in [3.8, 4) is 0 Å². The van der Waals surface area contributed by atoms with Gasteiger partial charge in [-0.25, -0.2) is 0 Å². The molecule has 0 bridgehead atoms. The number of piperidine rings is 1. The van der Waals surface area contributed by atoms with E-state index in [0.717, 1.165) is 12.5 Å². The summed E-state index contributed by atoms with van der Waals surface area (Å²) in [5.41, 5.74) is 0. The van der Waals surface area contributed by atoms with Crippen molar-refractivity contribution in [1.82, 2.24) is 10.2 Å². The van der Waals surface area contributed by atoms with E-state index in [2.05, 4.69) is 31.1 Å². The van der Waals surface area contributed by atoms with Crippen LogP contribution >= 0.6 is 0 Å². The lowest BCUT2D eigenvalue weighted by atomic mass is 9.89. The van der Waals surface area contributed by atoms with Crippen LogP contribution in [0, 0.1) is 11.8 Å². The Bertz CT molecular complexity index is 175. The van der Waals surface area contributed by atoms with Crippen LogP contribution in [-0.4, -0.2) is 49.3 Å².